The molecule has 1 rings (SSSR count). The van der Waals surface area contributed by atoms with Gasteiger partial charge in [-0.2, -0.15) is 5.10 Å². The number of carbonyl (C=O) groups excluding carboxylic acids is 1. The van der Waals surface area contributed by atoms with Crippen LogP contribution in [0.1, 0.15) is 23.8 Å². The number of aryl methyl sites for hydroxylation is 1. The normalized spacial score (nSPS) is 10.8. The Morgan fingerprint density at radius 2 is 2.47 bits per heavy atom. The average molecular weight is 208 g/mol. The first kappa shape index (κ1) is 11.3. The highest BCUT2D eigenvalue weighted by atomic mass is 16.2. The van der Waals surface area contributed by atoms with Crippen LogP contribution in [-0.2, 0) is 7.05 Å². The number of amides is 1. The maximum Gasteiger partial charge on any atom is 0.271 e. The molecule has 0 aliphatic heterocycles. The highest BCUT2D eigenvalue weighted by Gasteiger charge is 2.13. The van der Waals surface area contributed by atoms with Gasteiger partial charge in [0.15, 0.2) is 0 Å². The smallest absolute Gasteiger partial charge is 0.271 e. The molecule has 1 aromatic heterocycles. The Labute approximate surface area is 89.0 Å². The van der Waals surface area contributed by atoms with Crippen molar-refractivity contribution in [1.82, 2.24) is 15.1 Å². The summed E-state index contributed by atoms with van der Waals surface area (Å²) in [4.78, 5) is 11.6. The number of hydrogen-bond acceptors (Lipinski definition) is 3. The molecule has 15 heavy (non-hydrogen) atoms. The Kier molecular flexibility index (Phi) is 3.91. The molecule has 0 unspecified atom stereocenters. The molecule has 3 N–H and O–H groups in total. The van der Waals surface area contributed by atoms with Crippen LogP contribution >= 0.6 is 0 Å². The maximum absolute atomic E-state index is 11.6. The second kappa shape index (κ2) is 5.19. The lowest BCUT2D eigenvalue weighted by molar-refractivity contribution is 0.0946. The van der Waals surface area contributed by atoms with Crippen molar-refractivity contribution in [2.75, 3.05) is 12.3 Å². The molecule has 1 heterocycles. The van der Waals surface area contributed by atoms with E-state index in [1.54, 1.807) is 7.05 Å². The van der Waals surface area contributed by atoms with Crippen LogP contribution in [0.5, 0.6) is 0 Å². The summed E-state index contributed by atoms with van der Waals surface area (Å²) in [6.45, 7) is 2.55. The van der Waals surface area contributed by atoms with E-state index in [9.17, 15) is 4.79 Å². The summed E-state index contributed by atoms with van der Waals surface area (Å²) in [5, 5.41) is 6.67. The molecular formula is C10H16N4O. The van der Waals surface area contributed by atoms with E-state index in [4.69, 9.17) is 5.73 Å². The highest BCUT2D eigenvalue weighted by molar-refractivity contribution is 5.97. The first-order valence-electron chi connectivity index (χ1n) is 4.83. The van der Waals surface area contributed by atoms with Crippen LogP contribution < -0.4 is 11.1 Å². The zero-order valence-electron chi connectivity index (χ0n) is 9.03. The van der Waals surface area contributed by atoms with Gasteiger partial charge in [0.05, 0.1) is 11.9 Å². The number of nitrogen functional groups attached to an aromatic ring is 1. The average Bonchev–Trinajstić information content (AvgIpc) is 2.53. The zero-order chi connectivity index (χ0) is 11.3. The monoisotopic (exact) mass is 208 g/mol. The summed E-state index contributed by atoms with van der Waals surface area (Å²) in [5.41, 5.74) is 6.43. The molecule has 0 bridgehead atoms. The Balaban J connectivity index is 2.54. The van der Waals surface area contributed by atoms with Gasteiger partial charge in [0.2, 0.25) is 0 Å². The Morgan fingerprint density at radius 3 is 3.00 bits per heavy atom. The first-order chi connectivity index (χ1) is 7.16. The largest absolute Gasteiger partial charge is 0.396 e. The number of nitrogens with one attached hydrogen (secondary N) is 1. The molecule has 0 atom stereocenters. The minimum atomic E-state index is -0.183. The van der Waals surface area contributed by atoms with Crippen LogP contribution in [0, 0.1) is 0 Å². The lowest BCUT2D eigenvalue weighted by Crippen LogP contribution is -2.27. The Hall–Kier alpha value is -1.78. The molecule has 5 nitrogen and oxygen atoms in total. The molecule has 0 saturated heterocycles. The van der Waals surface area contributed by atoms with Crippen molar-refractivity contribution >= 4 is 11.6 Å². The number of hydrogen-bond donors (Lipinski definition) is 2. The van der Waals surface area contributed by atoms with Gasteiger partial charge in [0.25, 0.3) is 5.91 Å². The molecule has 0 fully saturated rings. The summed E-state index contributed by atoms with van der Waals surface area (Å²) < 4.78 is 1.47. The van der Waals surface area contributed by atoms with Crippen LogP contribution in [0.4, 0.5) is 5.69 Å². The SMILES string of the molecule is C/C=C/CCNC(=O)c1c(N)cnn1C. The standard InChI is InChI=1S/C10H16N4O/c1-3-4-5-6-12-10(15)9-8(11)7-13-14(9)2/h3-4,7H,5-6,11H2,1-2H3,(H,12,15)/b4-3+. The summed E-state index contributed by atoms with van der Waals surface area (Å²) in [5.74, 6) is -0.183. The van der Waals surface area contributed by atoms with Crippen molar-refractivity contribution < 1.29 is 4.79 Å². The van der Waals surface area contributed by atoms with Gasteiger partial charge >= 0.3 is 0 Å². The summed E-state index contributed by atoms with van der Waals surface area (Å²) >= 11 is 0. The van der Waals surface area contributed by atoms with Crippen LogP contribution in [0.25, 0.3) is 0 Å². The van der Waals surface area contributed by atoms with Gasteiger partial charge in [0, 0.05) is 13.6 Å². The van der Waals surface area contributed by atoms with E-state index < -0.39 is 0 Å². The molecule has 82 valence electrons. The number of aromatic nitrogens is 2. The van der Waals surface area contributed by atoms with Crippen LogP contribution in [0.2, 0.25) is 0 Å². The third kappa shape index (κ3) is 2.83. The lowest BCUT2D eigenvalue weighted by Gasteiger charge is -2.04. The zero-order valence-corrected chi connectivity index (χ0v) is 9.03. The van der Waals surface area contributed by atoms with Crippen LogP contribution in [0.15, 0.2) is 18.3 Å². The molecule has 1 aromatic rings. The van der Waals surface area contributed by atoms with Crippen LogP contribution in [0.3, 0.4) is 0 Å². The van der Waals surface area contributed by atoms with Crippen molar-refractivity contribution in [2.45, 2.75) is 13.3 Å². The molecule has 0 aliphatic rings. The fourth-order valence-electron chi connectivity index (χ4n) is 1.25. The lowest BCUT2D eigenvalue weighted by atomic mass is 10.3. The van der Waals surface area contributed by atoms with Gasteiger partial charge in [-0.15, -0.1) is 0 Å². The predicted molar refractivity (Wildman–Crippen MR) is 59.4 cm³/mol. The molecular weight excluding hydrogens is 192 g/mol. The predicted octanol–water partition coefficient (Wildman–Crippen LogP) is 0.698. The fraction of sp³-hybridized carbons (Fsp3) is 0.400. The molecule has 0 aliphatic carbocycles. The van der Waals surface area contributed by atoms with Crippen molar-refractivity contribution in [3.05, 3.63) is 24.0 Å². The van der Waals surface area contributed by atoms with Gasteiger partial charge in [-0.25, -0.2) is 0 Å². The molecule has 0 spiro atoms. The third-order valence-corrected chi connectivity index (χ3v) is 2.01. The van der Waals surface area contributed by atoms with Gasteiger partial charge in [-0.3, -0.25) is 9.48 Å². The maximum atomic E-state index is 11.6. The molecule has 5 heteroatoms. The second-order valence-corrected chi connectivity index (χ2v) is 3.19. The van der Waals surface area contributed by atoms with E-state index in [2.05, 4.69) is 10.4 Å². The minimum Gasteiger partial charge on any atom is -0.396 e. The minimum absolute atomic E-state index is 0.183. The second-order valence-electron chi connectivity index (χ2n) is 3.19. The van der Waals surface area contributed by atoms with Crippen molar-refractivity contribution in [3.63, 3.8) is 0 Å². The van der Waals surface area contributed by atoms with E-state index in [-0.39, 0.29) is 5.91 Å². The van der Waals surface area contributed by atoms with E-state index in [1.165, 1.54) is 10.9 Å². The number of nitrogens with zero attached hydrogens (tertiary/aromatic N) is 2. The Morgan fingerprint density at radius 1 is 1.73 bits per heavy atom. The number of nitrogens with two attached hydrogens (primary N) is 1. The van der Waals surface area contributed by atoms with Crippen molar-refractivity contribution in [1.29, 1.82) is 0 Å². The summed E-state index contributed by atoms with van der Waals surface area (Å²) in [7, 11) is 1.69. The number of allylic oxidation sites excluding steroid dienone is 1. The Bertz CT molecular complexity index is 348. The molecule has 0 radical (unpaired) electrons. The van der Waals surface area contributed by atoms with E-state index in [0.717, 1.165) is 6.42 Å². The number of rotatable bonds is 4. The quantitative estimate of drug-likeness (QED) is 0.565. The van der Waals surface area contributed by atoms with Crippen LogP contribution in [-0.4, -0.2) is 22.2 Å². The summed E-state index contributed by atoms with van der Waals surface area (Å²) in [6, 6.07) is 0. The van der Waals surface area contributed by atoms with Gasteiger partial charge in [-0.1, -0.05) is 12.2 Å². The number of carbonyl (C=O) groups is 1. The molecule has 0 saturated carbocycles. The molecule has 0 aromatic carbocycles. The van der Waals surface area contributed by atoms with E-state index in [1.807, 2.05) is 19.1 Å². The van der Waals surface area contributed by atoms with Gasteiger partial charge < -0.3 is 11.1 Å². The third-order valence-electron chi connectivity index (χ3n) is 2.01. The van der Waals surface area contributed by atoms with Gasteiger partial charge in [0.1, 0.15) is 5.69 Å². The summed E-state index contributed by atoms with van der Waals surface area (Å²) in [6.07, 6.45) is 6.23. The molecule has 1 amide bonds. The highest BCUT2D eigenvalue weighted by Crippen LogP contribution is 2.08. The van der Waals surface area contributed by atoms with E-state index >= 15 is 0 Å². The van der Waals surface area contributed by atoms with Crippen molar-refractivity contribution in [2.24, 2.45) is 7.05 Å². The van der Waals surface area contributed by atoms with Gasteiger partial charge in [-0.05, 0) is 13.3 Å². The van der Waals surface area contributed by atoms with E-state index in [0.29, 0.717) is 17.9 Å². The van der Waals surface area contributed by atoms with Crippen molar-refractivity contribution in [3.8, 4) is 0 Å². The fourth-order valence-corrected chi connectivity index (χ4v) is 1.25. The first-order valence-corrected chi connectivity index (χ1v) is 4.83. The topological polar surface area (TPSA) is 72.9 Å². The number of anilines is 1.